The van der Waals surface area contributed by atoms with E-state index in [0.29, 0.717) is 0 Å². The molecule has 1 nitrogen and oxygen atoms in total. The molecule has 0 bridgehead atoms. The molecule has 3 aliphatic carbocycles. The van der Waals surface area contributed by atoms with Crippen molar-refractivity contribution in [3.63, 3.8) is 0 Å². The molecule has 0 aromatic heterocycles. The molecule has 1 aliphatic heterocycles. The van der Waals surface area contributed by atoms with Gasteiger partial charge in [0.25, 0.3) is 0 Å². The van der Waals surface area contributed by atoms with Crippen LogP contribution in [-0.2, 0) is 10.8 Å². The Balaban J connectivity index is 1.07. The lowest BCUT2D eigenvalue weighted by molar-refractivity contribution is 0.436. The first kappa shape index (κ1) is 31.0. The highest BCUT2D eigenvalue weighted by molar-refractivity contribution is 6.02. The third-order valence-corrected chi connectivity index (χ3v) is 13.4. The van der Waals surface area contributed by atoms with Crippen LogP contribution in [0.5, 0.6) is 11.5 Å². The SMILES string of the molecule is c1ccc2c(c1)Oc1ccc(-c3ccccc3-c3cccc4c3-c3ccccc3C43c4ccccc4-c4ccccc43)cc1C21c2ccccc2-c2ccccc21. The van der Waals surface area contributed by atoms with Gasteiger partial charge in [-0.3, -0.25) is 0 Å². The van der Waals surface area contributed by atoms with Gasteiger partial charge in [0, 0.05) is 11.1 Å². The first-order valence-electron chi connectivity index (χ1n) is 19.9. The van der Waals surface area contributed by atoms with Crippen LogP contribution in [0.4, 0.5) is 0 Å². The van der Waals surface area contributed by atoms with Crippen LogP contribution in [0.25, 0.3) is 55.6 Å². The number of ether oxygens (including phenoxy) is 1. The summed E-state index contributed by atoms with van der Waals surface area (Å²) in [7, 11) is 0. The van der Waals surface area contributed by atoms with E-state index in [1.54, 1.807) is 0 Å². The highest BCUT2D eigenvalue weighted by Crippen LogP contribution is 2.65. The van der Waals surface area contributed by atoms with Crippen molar-refractivity contribution >= 4 is 0 Å². The average Bonchev–Trinajstić information content (AvgIpc) is 3.87. The van der Waals surface area contributed by atoms with Gasteiger partial charge in [0.15, 0.2) is 0 Å². The second kappa shape index (κ2) is 11.2. The van der Waals surface area contributed by atoms with Crippen LogP contribution >= 0.6 is 0 Å². The lowest BCUT2D eigenvalue weighted by Crippen LogP contribution is -2.32. The van der Waals surface area contributed by atoms with Gasteiger partial charge in [-0.05, 0) is 107 Å². The Morgan fingerprint density at radius 3 is 1.21 bits per heavy atom. The van der Waals surface area contributed by atoms with Crippen LogP contribution in [-0.4, -0.2) is 0 Å². The van der Waals surface area contributed by atoms with E-state index in [1.165, 1.54) is 100 Å². The van der Waals surface area contributed by atoms with Gasteiger partial charge < -0.3 is 4.74 Å². The van der Waals surface area contributed by atoms with Crippen molar-refractivity contribution < 1.29 is 4.74 Å². The first-order valence-corrected chi connectivity index (χ1v) is 19.9. The van der Waals surface area contributed by atoms with E-state index >= 15 is 0 Å². The van der Waals surface area contributed by atoms with Crippen molar-refractivity contribution in [2.24, 2.45) is 0 Å². The molecule has 57 heavy (non-hydrogen) atoms. The highest BCUT2D eigenvalue weighted by atomic mass is 16.5. The number of para-hydroxylation sites is 1. The van der Waals surface area contributed by atoms with Crippen molar-refractivity contribution in [2.75, 3.05) is 0 Å². The van der Waals surface area contributed by atoms with E-state index in [2.05, 4.69) is 206 Å². The van der Waals surface area contributed by atoms with Gasteiger partial charge in [-0.2, -0.15) is 0 Å². The number of rotatable bonds is 2. The van der Waals surface area contributed by atoms with Gasteiger partial charge in [0.05, 0.1) is 10.8 Å². The molecule has 2 spiro atoms. The fraction of sp³-hybridized carbons (Fsp3) is 0.0357. The Kier molecular flexibility index (Phi) is 6.09. The van der Waals surface area contributed by atoms with Gasteiger partial charge in [0.1, 0.15) is 11.5 Å². The molecule has 9 aromatic carbocycles. The molecule has 0 unspecified atom stereocenters. The van der Waals surface area contributed by atoms with Crippen LogP contribution in [0.2, 0.25) is 0 Å². The van der Waals surface area contributed by atoms with E-state index in [9.17, 15) is 0 Å². The topological polar surface area (TPSA) is 9.23 Å². The zero-order valence-corrected chi connectivity index (χ0v) is 31.0. The maximum absolute atomic E-state index is 6.81. The summed E-state index contributed by atoms with van der Waals surface area (Å²) in [6, 6.07) is 76.6. The molecule has 0 saturated heterocycles. The molecule has 0 N–H and O–H groups in total. The minimum absolute atomic E-state index is 0.393. The Morgan fingerprint density at radius 1 is 0.246 bits per heavy atom. The second-order valence-corrected chi connectivity index (χ2v) is 15.8. The zero-order valence-electron chi connectivity index (χ0n) is 31.0. The van der Waals surface area contributed by atoms with E-state index in [-0.39, 0.29) is 0 Å². The first-order chi connectivity index (χ1) is 28.3. The molecule has 13 rings (SSSR count). The molecule has 0 amide bonds. The van der Waals surface area contributed by atoms with Crippen molar-refractivity contribution in [1.82, 2.24) is 0 Å². The van der Waals surface area contributed by atoms with Crippen LogP contribution in [0.15, 0.2) is 206 Å². The van der Waals surface area contributed by atoms with Gasteiger partial charge in [-0.1, -0.05) is 188 Å². The number of hydrogen-bond acceptors (Lipinski definition) is 1. The van der Waals surface area contributed by atoms with Gasteiger partial charge >= 0.3 is 0 Å². The monoisotopic (exact) mass is 722 g/mol. The zero-order chi connectivity index (χ0) is 37.3. The molecular formula is C56H34O. The molecular weight excluding hydrogens is 689 g/mol. The smallest absolute Gasteiger partial charge is 0.132 e. The average molecular weight is 723 g/mol. The summed E-state index contributed by atoms with van der Waals surface area (Å²) in [6.45, 7) is 0. The van der Waals surface area contributed by atoms with Crippen molar-refractivity contribution in [1.29, 1.82) is 0 Å². The van der Waals surface area contributed by atoms with Crippen molar-refractivity contribution in [3.8, 4) is 67.1 Å². The Morgan fingerprint density at radius 2 is 0.632 bits per heavy atom. The van der Waals surface area contributed by atoms with Gasteiger partial charge in [-0.15, -0.1) is 0 Å². The minimum atomic E-state index is -0.523. The Labute approximate surface area is 332 Å². The predicted octanol–water partition coefficient (Wildman–Crippen LogP) is 13.8. The maximum Gasteiger partial charge on any atom is 0.132 e. The lowest BCUT2D eigenvalue weighted by atomic mass is 9.65. The number of fused-ring (bicyclic) bond motifs is 19. The molecule has 9 aromatic rings. The van der Waals surface area contributed by atoms with E-state index in [4.69, 9.17) is 4.74 Å². The predicted molar refractivity (Wildman–Crippen MR) is 231 cm³/mol. The molecule has 1 heterocycles. The molecule has 0 fully saturated rings. The van der Waals surface area contributed by atoms with E-state index in [1.807, 2.05) is 0 Å². The summed E-state index contributed by atoms with van der Waals surface area (Å²) in [4.78, 5) is 0. The molecule has 0 atom stereocenters. The summed E-state index contributed by atoms with van der Waals surface area (Å²) in [6.07, 6.45) is 0. The fourth-order valence-corrected chi connectivity index (χ4v) is 11.4. The molecule has 1 heteroatoms. The van der Waals surface area contributed by atoms with E-state index < -0.39 is 10.8 Å². The highest BCUT2D eigenvalue weighted by Gasteiger charge is 2.53. The summed E-state index contributed by atoms with van der Waals surface area (Å²) in [5.41, 5.74) is 22.1. The van der Waals surface area contributed by atoms with E-state index in [0.717, 1.165) is 11.5 Å². The minimum Gasteiger partial charge on any atom is -0.457 e. The maximum atomic E-state index is 6.81. The molecule has 4 aliphatic rings. The third kappa shape index (κ3) is 3.75. The summed E-state index contributed by atoms with van der Waals surface area (Å²) in [5.74, 6) is 1.81. The summed E-state index contributed by atoms with van der Waals surface area (Å²) >= 11 is 0. The van der Waals surface area contributed by atoms with Crippen LogP contribution < -0.4 is 4.74 Å². The van der Waals surface area contributed by atoms with Crippen LogP contribution in [0.3, 0.4) is 0 Å². The quantitative estimate of drug-likeness (QED) is 0.173. The molecule has 264 valence electrons. The Hall–Kier alpha value is -7.22. The lowest BCUT2D eigenvalue weighted by Gasteiger charge is -2.39. The largest absolute Gasteiger partial charge is 0.457 e. The van der Waals surface area contributed by atoms with Crippen LogP contribution in [0.1, 0.15) is 44.5 Å². The van der Waals surface area contributed by atoms with Crippen molar-refractivity contribution in [2.45, 2.75) is 10.8 Å². The third-order valence-electron chi connectivity index (χ3n) is 13.4. The Bertz CT molecular complexity index is 3090. The summed E-state index contributed by atoms with van der Waals surface area (Å²) < 4.78 is 6.81. The second-order valence-electron chi connectivity index (χ2n) is 15.8. The molecule has 0 saturated carbocycles. The number of benzene rings is 9. The van der Waals surface area contributed by atoms with Gasteiger partial charge in [-0.25, -0.2) is 0 Å². The normalized spacial score (nSPS) is 14.7. The van der Waals surface area contributed by atoms with Crippen molar-refractivity contribution in [3.05, 3.63) is 251 Å². The summed E-state index contributed by atoms with van der Waals surface area (Å²) in [5, 5.41) is 0. The van der Waals surface area contributed by atoms with Gasteiger partial charge in [0.2, 0.25) is 0 Å². The fourth-order valence-electron chi connectivity index (χ4n) is 11.4. The molecule has 0 radical (unpaired) electrons. The van der Waals surface area contributed by atoms with Crippen LogP contribution in [0, 0.1) is 0 Å². The standard InChI is InChI=1S/C56H34O/c1-2-17-37(42-23-15-30-50-54(42)43-22-7-12-28-48(43)55(50)44-24-8-3-18-38(44)39-19-4-9-25-45(39)55)36(16-1)35-32-33-53-51(34-35)56(49-29-13-14-31-52(49)57-53)46-26-10-5-20-40(46)41-21-6-11-27-47(41)56/h1-34H. The number of hydrogen-bond donors (Lipinski definition) is 0.